The standard InChI is InChI=1S/C17H15N3O4S/c1-11(13-4-3-5-14(10-13)20(21)22)25-17-19-18-16(24-17)12-6-8-15(23-2)9-7-12/h3-11H,1-2H3/t11-/m0/s1. The minimum Gasteiger partial charge on any atom is -0.497 e. The molecule has 1 atom stereocenters. The Hall–Kier alpha value is -2.87. The first-order valence-electron chi connectivity index (χ1n) is 7.46. The molecule has 0 unspecified atom stereocenters. The van der Waals surface area contributed by atoms with Gasteiger partial charge in [0.15, 0.2) is 0 Å². The summed E-state index contributed by atoms with van der Waals surface area (Å²) in [4.78, 5) is 10.5. The van der Waals surface area contributed by atoms with Gasteiger partial charge in [0, 0.05) is 22.9 Å². The van der Waals surface area contributed by atoms with Crippen molar-refractivity contribution in [2.75, 3.05) is 7.11 Å². The number of nitro benzene ring substituents is 1. The lowest BCUT2D eigenvalue weighted by atomic mass is 10.1. The van der Waals surface area contributed by atoms with Gasteiger partial charge < -0.3 is 9.15 Å². The van der Waals surface area contributed by atoms with E-state index in [1.807, 2.05) is 37.3 Å². The molecule has 1 heterocycles. The van der Waals surface area contributed by atoms with Gasteiger partial charge in [-0.25, -0.2) is 0 Å². The SMILES string of the molecule is COc1ccc(-c2nnc(S[C@@H](C)c3cccc([N+](=O)[O-])c3)o2)cc1. The number of hydrogen-bond donors (Lipinski definition) is 0. The average molecular weight is 357 g/mol. The lowest BCUT2D eigenvalue weighted by Gasteiger charge is -2.08. The average Bonchev–Trinajstić information content (AvgIpc) is 3.10. The van der Waals surface area contributed by atoms with E-state index in [1.54, 1.807) is 19.2 Å². The molecule has 0 fully saturated rings. The Labute approximate surface area is 148 Å². The van der Waals surface area contributed by atoms with Crippen molar-refractivity contribution in [2.45, 2.75) is 17.4 Å². The lowest BCUT2D eigenvalue weighted by molar-refractivity contribution is -0.384. The lowest BCUT2D eigenvalue weighted by Crippen LogP contribution is -1.92. The van der Waals surface area contributed by atoms with Crippen molar-refractivity contribution < 1.29 is 14.1 Å². The highest BCUT2D eigenvalue weighted by molar-refractivity contribution is 7.99. The van der Waals surface area contributed by atoms with Crippen molar-refractivity contribution in [1.82, 2.24) is 10.2 Å². The van der Waals surface area contributed by atoms with Crippen molar-refractivity contribution in [3.8, 4) is 17.2 Å². The van der Waals surface area contributed by atoms with Crippen molar-refractivity contribution in [3.63, 3.8) is 0 Å². The van der Waals surface area contributed by atoms with Gasteiger partial charge in [0.05, 0.1) is 12.0 Å². The number of methoxy groups -OCH3 is 1. The van der Waals surface area contributed by atoms with E-state index in [0.717, 1.165) is 16.9 Å². The van der Waals surface area contributed by atoms with Crippen LogP contribution in [0.5, 0.6) is 5.75 Å². The van der Waals surface area contributed by atoms with Gasteiger partial charge in [0.1, 0.15) is 5.75 Å². The fourth-order valence-corrected chi connectivity index (χ4v) is 3.02. The number of thioether (sulfide) groups is 1. The Morgan fingerprint density at radius 2 is 1.96 bits per heavy atom. The van der Waals surface area contributed by atoms with Crippen LogP contribution in [-0.2, 0) is 0 Å². The molecule has 128 valence electrons. The van der Waals surface area contributed by atoms with Gasteiger partial charge in [-0.15, -0.1) is 10.2 Å². The molecule has 0 N–H and O–H groups in total. The Morgan fingerprint density at radius 3 is 2.64 bits per heavy atom. The number of non-ortho nitro benzene ring substituents is 1. The van der Waals surface area contributed by atoms with Crippen LogP contribution in [0.1, 0.15) is 17.7 Å². The summed E-state index contributed by atoms with van der Waals surface area (Å²) >= 11 is 1.35. The normalized spacial score (nSPS) is 11.9. The third-order valence-corrected chi connectivity index (χ3v) is 4.56. The summed E-state index contributed by atoms with van der Waals surface area (Å²) < 4.78 is 10.8. The maximum Gasteiger partial charge on any atom is 0.277 e. The monoisotopic (exact) mass is 357 g/mol. The molecule has 0 aliphatic carbocycles. The summed E-state index contributed by atoms with van der Waals surface area (Å²) in [6.45, 7) is 1.93. The molecule has 25 heavy (non-hydrogen) atoms. The van der Waals surface area contributed by atoms with E-state index < -0.39 is 4.92 Å². The van der Waals surface area contributed by atoms with Gasteiger partial charge in [0.25, 0.3) is 10.9 Å². The first-order valence-corrected chi connectivity index (χ1v) is 8.33. The predicted octanol–water partition coefficient (Wildman–Crippen LogP) is 4.51. The predicted molar refractivity (Wildman–Crippen MR) is 93.7 cm³/mol. The molecule has 8 heteroatoms. The van der Waals surface area contributed by atoms with Crippen LogP contribution in [0.4, 0.5) is 5.69 Å². The van der Waals surface area contributed by atoms with Crippen LogP contribution in [0.15, 0.2) is 58.2 Å². The molecular weight excluding hydrogens is 342 g/mol. The zero-order chi connectivity index (χ0) is 17.8. The number of rotatable bonds is 6. The molecule has 0 aliphatic heterocycles. The summed E-state index contributed by atoms with van der Waals surface area (Å²) in [6.07, 6.45) is 0. The second kappa shape index (κ2) is 7.35. The summed E-state index contributed by atoms with van der Waals surface area (Å²) in [5.74, 6) is 1.16. The summed E-state index contributed by atoms with van der Waals surface area (Å²) in [6, 6.07) is 13.8. The van der Waals surface area contributed by atoms with E-state index in [9.17, 15) is 10.1 Å². The van der Waals surface area contributed by atoms with E-state index in [1.165, 1.54) is 17.8 Å². The van der Waals surface area contributed by atoms with E-state index >= 15 is 0 Å². The highest BCUT2D eigenvalue weighted by Crippen LogP contribution is 2.36. The number of benzene rings is 2. The van der Waals surface area contributed by atoms with E-state index in [2.05, 4.69) is 10.2 Å². The van der Waals surface area contributed by atoms with Crippen LogP contribution in [0.25, 0.3) is 11.5 Å². The maximum absolute atomic E-state index is 10.9. The second-order valence-corrected chi connectivity index (χ2v) is 6.51. The number of ether oxygens (including phenoxy) is 1. The minimum atomic E-state index is -0.407. The van der Waals surface area contributed by atoms with E-state index in [0.29, 0.717) is 11.1 Å². The maximum atomic E-state index is 10.9. The van der Waals surface area contributed by atoms with Gasteiger partial charge >= 0.3 is 0 Å². The quantitative estimate of drug-likeness (QED) is 0.364. The highest BCUT2D eigenvalue weighted by atomic mass is 32.2. The zero-order valence-corrected chi connectivity index (χ0v) is 14.4. The molecular formula is C17H15N3O4S. The van der Waals surface area contributed by atoms with Gasteiger partial charge in [0.2, 0.25) is 5.89 Å². The van der Waals surface area contributed by atoms with E-state index in [4.69, 9.17) is 9.15 Å². The second-order valence-electron chi connectivity index (χ2n) is 5.21. The molecule has 3 aromatic rings. The molecule has 3 rings (SSSR count). The smallest absolute Gasteiger partial charge is 0.277 e. The van der Waals surface area contributed by atoms with E-state index in [-0.39, 0.29) is 10.9 Å². The largest absolute Gasteiger partial charge is 0.497 e. The summed E-state index contributed by atoms with van der Waals surface area (Å²) in [7, 11) is 1.60. The molecule has 0 saturated heterocycles. The van der Waals surface area contributed by atoms with Crippen molar-refractivity contribution >= 4 is 17.4 Å². The van der Waals surface area contributed by atoms with Crippen molar-refractivity contribution in [3.05, 3.63) is 64.2 Å². The zero-order valence-electron chi connectivity index (χ0n) is 13.6. The Bertz CT molecular complexity index is 880. The number of nitro groups is 1. The highest BCUT2D eigenvalue weighted by Gasteiger charge is 2.16. The fourth-order valence-electron chi connectivity index (χ4n) is 2.22. The first-order chi connectivity index (χ1) is 12.1. The topological polar surface area (TPSA) is 91.3 Å². The van der Waals surface area contributed by atoms with Crippen LogP contribution < -0.4 is 4.74 Å². The van der Waals surface area contributed by atoms with Crippen molar-refractivity contribution in [2.24, 2.45) is 0 Å². The third-order valence-electron chi connectivity index (χ3n) is 3.57. The molecule has 0 saturated carbocycles. The molecule has 1 aromatic heterocycles. The van der Waals surface area contributed by atoms with Gasteiger partial charge in [-0.1, -0.05) is 23.9 Å². The molecule has 0 aliphatic rings. The Morgan fingerprint density at radius 1 is 1.20 bits per heavy atom. The van der Waals surface area contributed by atoms with Crippen LogP contribution in [0.3, 0.4) is 0 Å². The molecule has 0 spiro atoms. The first kappa shape index (κ1) is 17.0. The molecule has 0 amide bonds. The van der Waals surface area contributed by atoms with Gasteiger partial charge in [-0.2, -0.15) is 0 Å². The fraction of sp³-hybridized carbons (Fsp3) is 0.176. The van der Waals surface area contributed by atoms with Crippen LogP contribution >= 0.6 is 11.8 Å². The Kier molecular flexibility index (Phi) is 4.99. The molecule has 7 nitrogen and oxygen atoms in total. The molecule has 0 bridgehead atoms. The molecule has 0 radical (unpaired) electrons. The summed E-state index contributed by atoms with van der Waals surface area (Å²) in [5, 5.41) is 19.3. The number of hydrogen-bond acceptors (Lipinski definition) is 7. The number of nitrogens with zero attached hydrogens (tertiary/aromatic N) is 3. The third kappa shape index (κ3) is 3.97. The van der Waals surface area contributed by atoms with Crippen LogP contribution in [-0.4, -0.2) is 22.2 Å². The van der Waals surface area contributed by atoms with Gasteiger partial charge in [-0.3, -0.25) is 10.1 Å². The van der Waals surface area contributed by atoms with Crippen molar-refractivity contribution in [1.29, 1.82) is 0 Å². The van der Waals surface area contributed by atoms with Crippen LogP contribution in [0, 0.1) is 10.1 Å². The number of aromatic nitrogens is 2. The van der Waals surface area contributed by atoms with Gasteiger partial charge in [-0.05, 0) is 36.8 Å². The molecule has 2 aromatic carbocycles. The minimum absolute atomic E-state index is 0.0643. The summed E-state index contributed by atoms with van der Waals surface area (Å²) in [5.41, 5.74) is 1.68. The van der Waals surface area contributed by atoms with Crippen LogP contribution in [0.2, 0.25) is 0 Å². The Balaban J connectivity index is 1.74.